The van der Waals surface area contributed by atoms with E-state index in [1.807, 2.05) is 66.7 Å². The van der Waals surface area contributed by atoms with Crippen molar-refractivity contribution in [1.82, 2.24) is 5.43 Å². The third kappa shape index (κ3) is 5.33. The minimum atomic E-state index is -0.786. The fourth-order valence-corrected chi connectivity index (χ4v) is 5.16. The van der Waals surface area contributed by atoms with E-state index in [1.54, 1.807) is 31.2 Å². The molecule has 184 valence electrons. The van der Waals surface area contributed by atoms with Crippen molar-refractivity contribution in [3.8, 4) is 11.5 Å². The van der Waals surface area contributed by atoms with Gasteiger partial charge in [0, 0.05) is 21.0 Å². The SMILES string of the molecule is C[C@H](Oc1cccc2ccccc12)C(=O)N/N=C\c1ccccc1OC(=O)c1sc2ccccc2c1Cl. The van der Waals surface area contributed by atoms with Gasteiger partial charge >= 0.3 is 5.97 Å². The van der Waals surface area contributed by atoms with Gasteiger partial charge in [-0.1, -0.05) is 78.3 Å². The minimum Gasteiger partial charge on any atom is -0.480 e. The van der Waals surface area contributed by atoms with E-state index in [9.17, 15) is 9.59 Å². The van der Waals surface area contributed by atoms with E-state index in [2.05, 4.69) is 10.5 Å². The van der Waals surface area contributed by atoms with E-state index in [0.717, 1.165) is 20.9 Å². The second-order valence-corrected chi connectivity index (χ2v) is 9.57. The Balaban J connectivity index is 1.25. The predicted octanol–water partition coefficient (Wildman–Crippen LogP) is 6.84. The lowest BCUT2D eigenvalue weighted by molar-refractivity contribution is -0.127. The lowest BCUT2D eigenvalue weighted by Gasteiger charge is -2.14. The largest absolute Gasteiger partial charge is 0.480 e. The maximum absolute atomic E-state index is 12.9. The number of hydrogen-bond acceptors (Lipinski definition) is 6. The summed E-state index contributed by atoms with van der Waals surface area (Å²) in [5, 5.41) is 7.15. The van der Waals surface area contributed by atoms with Crippen LogP contribution < -0.4 is 14.9 Å². The number of carbonyl (C=O) groups excluding carboxylic acids is 2. The number of hydrazone groups is 1. The van der Waals surface area contributed by atoms with Crippen molar-refractivity contribution in [2.45, 2.75) is 13.0 Å². The molecule has 0 aliphatic heterocycles. The fourth-order valence-electron chi connectivity index (χ4n) is 3.77. The van der Waals surface area contributed by atoms with Crippen molar-refractivity contribution in [3.63, 3.8) is 0 Å². The van der Waals surface area contributed by atoms with Gasteiger partial charge < -0.3 is 9.47 Å². The molecule has 5 rings (SSSR count). The van der Waals surface area contributed by atoms with Gasteiger partial charge in [-0.2, -0.15) is 5.10 Å². The zero-order chi connectivity index (χ0) is 25.8. The lowest BCUT2D eigenvalue weighted by Crippen LogP contribution is -2.33. The molecule has 1 N–H and O–H groups in total. The number of para-hydroxylation sites is 1. The molecule has 0 spiro atoms. The van der Waals surface area contributed by atoms with Gasteiger partial charge in [-0.05, 0) is 36.6 Å². The van der Waals surface area contributed by atoms with E-state index in [1.165, 1.54) is 17.6 Å². The highest BCUT2D eigenvalue weighted by molar-refractivity contribution is 7.21. The maximum Gasteiger partial charge on any atom is 0.355 e. The summed E-state index contributed by atoms with van der Waals surface area (Å²) in [6.45, 7) is 1.65. The Morgan fingerprint density at radius 1 is 0.892 bits per heavy atom. The van der Waals surface area contributed by atoms with Crippen LogP contribution in [-0.2, 0) is 4.79 Å². The van der Waals surface area contributed by atoms with E-state index in [4.69, 9.17) is 21.1 Å². The van der Waals surface area contributed by atoms with Crippen molar-refractivity contribution >= 4 is 61.9 Å². The molecule has 1 aromatic heterocycles. The zero-order valence-electron chi connectivity index (χ0n) is 19.7. The minimum absolute atomic E-state index is 0.291. The quantitative estimate of drug-likeness (QED) is 0.108. The van der Waals surface area contributed by atoms with Gasteiger partial charge in [0.25, 0.3) is 5.91 Å². The van der Waals surface area contributed by atoms with Crippen LogP contribution >= 0.6 is 22.9 Å². The van der Waals surface area contributed by atoms with Gasteiger partial charge in [0.1, 0.15) is 16.4 Å². The molecule has 8 heteroatoms. The summed E-state index contributed by atoms with van der Waals surface area (Å²) in [6, 6.07) is 27.9. The van der Waals surface area contributed by atoms with Crippen LogP contribution in [0.1, 0.15) is 22.2 Å². The first-order valence-corrected chi connectivity index (χ1v) is 12.7. The number of nitrogens with zero attached hydrogens (tertiary/aromatic N) is 1. The summed E-state index contributed by atoms with van der Waals surface area (Å²) < 4.78 is 12.4. The summed E-state index contributed by atoms with van der Waals surface area (Å²) in [6.07, 6.45) is 0.628. The second kappa shape index (κ2) is 10.8. The van der Waals surface area contributed by atoms with Crippen LogP contribution in [0.3, 0.4) is 0 Å². The Kier molecular flexibility index (Phi) is 7.16. The molecule has 0 saturated carbocycles. The monoisotopic (exact) mass is 528 g/mol. The molecule has 0 aliphatic rings. The van der Waals surface area contributed by atoms with Crippen molar-refractivity contribution in [3.05, 3.63) is 106 Å². The molecule has 1 atom stereocenters. The number of halogens is 1. The number of esters is 1. The van der Waals surface area contributed by atoms with E-state index in [0.29, 0.717) is 27.0 Å². The van der Waals surface area contributed by atoms with Crippen molar-refractivity contribution in [2.75, 3.05) is 0 Å². The first-order chi connectivity index (χ1) is 18.0. The molecule has 6 nitrogen and oxygen atoms in total. The molecular formula is C29H21ClN2O4S. The summed E-state index contributed by atoms with van der Waals surface area (Å²) in [7, 11) is 0. The summed E-state index contributed by atoms with van der Waals surface area (Å²) in [5.74, 6) is -0.0788. The number of carbonyl (C=O) groups is 2. The molecule has 0 fully saturated rings. The highest BCUT2D eigenvalue weighted by Gasteiger charge is 2.20. The normalized spacial score (nSPS) is 12.1. The van der Waals surface area contributed by atoms with Crippen molar-refractivity contribution in [1.29, 1.82) is 0 Å². The summed E-state index contributed by atoms with van der Waals surface area (Å²) >= 11 is 7.69. The van der Waals surface area contributed by atoms with Gasteiger partial charge in [-0.3, -0.25) is 4.79 Å². The van der Waals surface area contributed by atoms with Crippen LogP contribution in [0, 0.1) is 0 Å². The third-order valence-corrected chi connectivity index (χ3v) is 7.30. The standard InChI is InChI=1S/C29H21ClN2O4S/c1-18(35-24-15-8-11-19-9-2-4-12-21(19)24)28(33)32-31-17-20-10-3-6-14-23(20)36-29(34)27-26(30)22-13-5-7-16-25(22)37-27/h2-18H,1H3,(H,32,33)/b31-17-/t18-/m0/s1. The number of hydrogen-bond donors (Lipinski definition) is 1. The number of fused-ring (bicyclic) bond motifs is 2. The molecule has 0 unspecified atom stereocenters. The highest BCUT2D eigenvalue weighted by atomic mass is 35.5. The average molecular weight is 529 g/mol. The first kappa shape index (κ1) is 24.5. The zero-order valence-corrected chi connectivity index (χ0v) is 21.3. The van der Waals surface area contributed by atoms with E-state index in [-0.39, 0.29) is 0 Å². The van der Waals surface area contributed by atoms with E-state index >= 15 is 0 Å². The summed E-state index contributed by atoms with van der Waals surface area (Å²) in [5.41, 5.74) is 2.99. The Morgan fingerprint density at radius 2 is 1.57 bits per heavy atom. The third-order valence-electron chi connectivity index (χ3n) is 5.64. The first-order valence-electron chi connectivity index (χ1n) is 11.5. The fraction of sp³-hybridized carbons (Fsp3) is 0.0690. The van der Waals surface area contributed by atoms with Gasteiger partial charge in [-0.25, -0.2) is 10.2 Å². The number of nitrogens with one attached hydrogen (secondary N) is 1. The Morgan fingerprint density at radius 3 is 2.41 bits per heavy atom. The molecule has 0 saturated heterocycles. The molecular weight excluding hydrogens is 508 g/mol. The Bertz CT molecular complexity index is 1640. The molecule has 1 heterocycles. The van der Waals surface area contributed by atoms with Gasteiger partial charge in [0.05, 0.1) is 11.2 Å². The molecule has 4 aromatic carbocycles. The lowest BCUT2D eigenvalue weighted by atomic mass is 10.1. The predicted molar refractivity (Wildman–Crippen MR) is 148 cm³/mol. The van der Waals surface area contributed by atoms with Crippen molar-refractivity contribution < 1.29 is 19.1 Å². The van der Waals surface area contributed by atoms with Gasteiger partial charge in [-0.15, -0.1) is 11.3 Å². The second-order valence-electron chi connectivity index (χ2n) is 8.14. The van der Waals surface area contributed by atoms with Crippen LogP contribution in [0.15, 0.2) is 96.1 Å². The Hall–Kier alpha value is -4.20. The van der Waals surface area contributed by atoms with Gasteiger partial charge in [0.15, 0.2) is 6.10 Å². The maximum atomic E-state index is 12.9. The topological polar surface area (TPSA) is 77.0 Å². The van der Waals surface area contributed by atoms with Crippen LogP contribution in [0.2, 0.25) is 5.02 Å². The van der Waals surface area contributed by atoms with Crippen LogP contribution in [0.4, 0.5) is 0 Å². The molecule has 0 aliphatic carbocycles. The smallest absolute Gasteiger partial charge is 0.355 e. The molecule has 1 amide bonds. The number of benzene rings is 4. The molecule has 0 radical (unpaired) electrons. The van der Waals surface area contributed by atoms with Crippen LogP contribution in [0.5, 0.6) is 11.5 Å². The van der Waals surface area contributed by atoms with Crippen LogP contribution in [0.25, 0.3) is 20.9 Å². The molecule has 0 bridgehead atoms. The number of thiophene rings is 1. The highest BCUT2D eigenvalue weighted by Crippen LogP contribution is 2.36. The Labute approximate surface area is 222 Å². The average Bonchev–Trinajstić information content (AvgIpc) is 3.26. The number of rotatable bonds is 7. The number of amides is 1. The molecule has 37 heavy (non-hydrogen) atoms. The van der Waals surface area contributed by atoms with Gasteiger partial charge in [0.2, 0.25) is 0 Å². The molecule has 5 aromatic rings. The summed E-state index contributed by atoms with van der Waals surface area (Å²) in [4.78, 5) is 25.8. The number of ether oxygens (including phenoxy) is 2. The van der Waals surface area contributed by atoms with Crippen molar-refractivity contribution in [2.24, 2.45) is 5.10 Å². The van der Waals surface area contributed by atoms with Crippen LogP contribution in [-0.4, -0.2) is 24.2 Å². The van der Waals surface area contributed by atoms with E-state index < -0.39 is 18.0 Å².